The first kappa shape index (κ1) is 20.2. The Kier molecular flexibility index (Phi) is 5.21. The molecule has 0 saturated heterocycles. The molecule has 0 aliphatic carbocycles. The van der Waals surface area contributed by atoms with Crippen LogP contribution in [0.5, 0.6) is 0 Å². The zero-order valence-corrected chi connectivity index (χ0v) is 20.2. The number of hydrogen-bond acceptors (Lipinski definition) is 2. The number of nitrogens with zero attached hydrogens (tertiary/aromatic N) is 1. The molecule has 0 bridgehead atoms. The Bertz CT molecular complexity index is 1530. The van der Waals surface area contributed by atoms with Gasteiger partial charge < -0.3 is 4.90 Å². The van der Waals surface area contributed by atoms with Gasteiger partial charge in [0, 0.05) is 41.7 Å². The molecule has 1 heterocycles. The molecule has 3 heteroatoms. The van der Waals surface area contributed by atoms with Crippen LogP contribution in [0, 0.1) is 0 Å². The average molecular weight is 506 g/mol. The molecule has 0 N–H and O–H groups in total. The molecule has 0 fully saturated rings. The van der Waals surface area contributed by atoms with E-state index in [1.165, 1.54) is 31.3 Å². The highest BCUT2D eigenvalue weighted by molar-refractivity contribution is 9.10. The predicted octanol–water partition coefficient (Wildman–Crippen LogP) is 9.95. The van der Waals surface area contributed by atoms with E-state index in [-0.39, 0.29) is 0 Å². The molecule has 0 atom stereocenters. The summed E-state index contributed by atoms with van der Waals surface area (Å²) in [6.45, 7) is 0. The second-order valence-electron chi connectivity index (χ2n) is 8.01. The van der Waals surface area contributed by atoms with Crippen LogP contribution < -0.4 is 4.90 Å². The van der Waals surface area contributed by atoms with Crippen LogP contribution in [0.15, 0.2) is 126 Å². The summed E-state index contributed by atoms with van der Waals surface area (Å²) in [6, 6.07) is 43.3. The van der Waals surface area contributed by atoms with E-state index in [2.05, 4.69) is 142 Å². The van der Waals surface area contributed by atoms with Crippen molar-refractivity contribution in [1.82, 2.24) is 0 Å². The van der Waals surface area contributed by atoms with Crippen LogP contribution in [-0.4, -0.2) is 0 Å². The predicted molar refractivity (Wildman–Crippen MR) is 147 cm³/mol. The fourth-order valence-electron chi connectivity index (χ4n) is 4.36. The lowest BCUT2D eigenvalue weighted by Gasteiger charge is -2.25. The molecule has 0 amide bonds. The summed E-state index contributed by atoms with van der Waals surface area (Å²) in [5, 5.41) is 2.62. The maximum absolute atomic E-state index is 3.60. The second kappa shape index (κ2) is 8.51. The molecule has 0 aliphatic rings. The van der Waals surface area contributed by atoms with Crippen LogP contribution in [0.2, 0.25) is 0 Å². The number of para-hydroxylation sites is 2. The van der Waals surface area contributed by atoms with Crippen molar-refractivity contribution in [3.63, 3.8) is 0 Å². The fourth-order valence-corrected chi connectivity index (χ4v) is 5.99. The smallest absolute Gasteiger partial charge is 0.0467 e. The third kappa shape index (κ3) is 3.84. The van der Waals surface area contributed by atoms with Crippen LogP contribution in [0.3, 0.4) is 0 Å². The zero-order chi connectivity index (χ0) is 22.2. The molecule has 6 aromatic rings. The summed E-state index contributed by atoms with van der Waals surface area (Å²) in [5.41, 5.74) is 5.87. The molecule has 0 aliphatic heterocycles. The maximum Gasteiger partial charge on any atom is 0.0467 e. The molecule has 0 spiro atoms. The van der Waals surface area contributed by atoms with Gasteiger partial charge in [0.05, 0.1) is 0 Å². The van der Waals surface area contributed by atoms with Crippen LogP contribution in [0.1, 0.15) is 0 Å². The molecule has 33 heavy (non-hydrogen) atoms. The van der Waals surface area contributed by atoms with Gasteiger partial charge in [0.2, 0.25) is 0 Å². The minimum Gasteiger partial charge on any atom is -0.310 e. The van der Waals surface area contributed by atoms with Crippen molar-refractivity contribution >= 4 is 64.5 Å². The number of fused-ring (bicyclic) bond motifs is 3. The molecule has 1 aromatic heterocycles. The molecule has 6 rings (SSSR count). The normalized spacial score (nSPS) is 11.2. The molecular formula is C30H20BrNS. The number of benzene rings is 5. The minimum atomic E-state index is 1.12. The maximum atomic E-state index is 3.60. The average Bonchev–Trinajstić information content (AvgIpc) is 3.22. The molecular weight excluding hydrogens is 486 g/mol. The number of halogens is 1. The van der Waals surface area contributed by atoms with Gasteiger partial charge >= 0.3 is 0 Å². The fraction of sp³-hybridized carbons (Fsp3) is 0. The van der Waals surface area contributed by atoms with Crippen molar-refractivity contribution in [2.24, 2.45) is 0 Å². The van der Waals surface area contributed by atoms with Gasteiger partial charge in [-0.2, -0.15) is 0 Å². The molecule has 1 nitrogen and oxygen atoms in total. The quantitative estimate of drug-likeness (QED) is 0.230. The Hall–Kier alpha value is -3.40. The Balaban J connectivity index is 1.48. The molecule has 0 radical (unpaired) electrons. The lowest BCUT2D eigenvalue weighted by Crippen LogP contribution is -2.09. The molecule has 0 unspecified atom stereocenters. The van der Waals surface area contributed by atoms with E-state index >= 15 is 0 Å². The highest BCUT2D eigenvalue weighted by Gasteiger charge is 2.13. The first-order valence-electron chi connectivity index (χ1n) is 10.9. The Labute approximate surface area is 205 Å². The summed E-state index contributed by atoms with van der Waals surface area (Å²) in [7, 11) is 0. The number of rotatable bonds is 4. The highest BCUT2D eigenvalue weighted by atomic mass is 79.9. The van der Waals surface area contributed by atoms with Gasteiger partial charge in [-0.15, -0.1) is 11.3 Å². The Morgan fingerprint density at radius 3 is 1.88 bits per heavy atom. The molecule has 5 aromatic carbocycles. The van der Waals surface area contributed by atoms with Crippen molar-refractivity contribution in [2.45, 2.75) is 0 Å². The van der Waals surface area contributed by atoms with Crippen molar-refractivity contribution in [3.05, 3.63) is 126 Å². The van der Waals surface area contributed by atoms with Crippen LogP contribution in [-0.2, 0) is 0 Å². The number of anilines is 3. The van der Waals surface area contributed by atoms with Gasteiger partial charge in [-0.25, -0.2) is 0 Å². The van der Waals surface area contributed by atoms with Gasteiger partial charge in [-0.3, -0.25) is 0 Å². The van der Waals surface area contributed by atoms with Crippen LogP contribution in [0.25, 0.3) is 31.3 Å². The zero-order valence-electron chi connectivity index (χ0n) is 17.8. The van der Waals surface area contributed by atoms with E-state index < -0.39 is 0 Å². The van der Waals surface area contributed by atoms with E-state index in [0.717, 1.165) is 21.5 Å². The van der Waals surface area contributed by atoms with Crippen molar-refractivity contribution < 1.29 is 0 Å². The Morgan fingerprint density at radius 1 is 0.485 bits per heavy atom. The van der Waals surface area contributed by atoms with Gasteiger partial charge in [-0.1, -0.05) is 76.6 Å². The molecule has 158 valence electrons. The van der Waals surface area contributed by atoms with Crippen molar-refractivity contribution in [3.8, 4) is 11.1 Å². The van der Waals surface area contributed by atoms with Gasteiger partial charge in [0.15, 0.2) is 0 Å². The largest absolute Gasteiger partial charge is 0.310 e. The monoisotopic (exact) mass is 505 g/mol. The van der Waals surface area contributed by atoms with E-state index in [1.54, 1.807) is 0 Å². The second-order valence-corrected chi connectivity index (χ2v) is 10.0. The summed E-state index contributed by atoms with van der Waals surface area (Å²) < 4.78 is 3.75. The summed E-state index contributed by atoms with van der Waals surface area (Å²) in [6.07, 6.45) is 0. The SMILES string of the molecule is Brc1ccc2c(c1)sc1ccc(-c3cccc(N(c4ccccc4)c4ccccc4)c3)cc12. The highest BCUT2D eigenvalue weighted by Crippen LogP contribution is 2.39. The van der Waals surface area contributed by atoms with Gasteiger partial charge in [0.1, 0.15) is 0 Å². The van der Waals surface area contributed by atoms with E-state index in [4.69, 9.17) is 0 Å². The lowest BCUT2D eigenvalue weighted by atomic mass is 10.0. The van der Waals surface area contributed by atoms with Gasteiger partial charge in [-0.05, 0) is 71.8 Å². The number of hydrogen-bond donors (Lipinski definition) is 0. The number of thiophene rings is 1. The first-order chi connectivity index (χ1) is 16.3. The van der Waals surface area contributed by atoms with E-state index in [1.807, 2.05) is 11.3 Å². The Morgan fingerprint density at radius 2 is 1.15 bits per heavy atom. The minimum absolute atomic E-state index is 1.12. The van der Waals surface area contributed by atoms with Crippen LogP contribution >= 0.6 is 27.3 Å². The van der Waals surface area contributed by atoms with Crippen LogP contribution in [0.4, 0.5) is 17.1 Å². The van der Waals surface area contributed by atoms with Gasteiger partial charge in [0.25, 0.3) is 0 Å². The lowest BCUT2D eigenvalue weighted by molar-refractivity contribution is 1.28. The summed E-state index contributed by atoms with van der Waals surface area (Å²) >= 11 is 5.45. The topological polar surface area (TPSA) is 3.24 Å². The molecule has 0 saturated carbocycles. The third-order valence-corrected chi connectivity index (χ3v) is 7.53. The first-order valence-corrected chi connectivity index (χ1v) is 12.5. The summed E-state index contributed by atoms with van der Waals surface area (Å²) in [5.74, 6) is 0. The van der Waals surface area contributed by atoms with E-state index in [9.17, 15) is 0 Å². The standard InChI is InChI=1S/C30H20BrNS/c31-23-15-16-27-28-19-22(14-17-29(28)33-30(27)20-23)21-8-7-13-26(18-21)32(24-9-3-1-4-10-24)25-11-5-2-6-12-25/h1-20H. The van der Waals surface area contributed by atoms with E-state index in [0.29, 0.717) is 0 Å². The summed E-state index contributed by atoms with van der Waals surface area (Å²) in [4.78, 5) is 2.31. The third-order valence-electron chi connectivity index (χ3n) is 5.90. The van der Waals surface area contributed by atoms with Crippen molar-refractivity contribution in [1.29, 1.82) is 0 Å². The van der Waals surface area contributed by atoms with Crippen molar-refractivity contribution in [2.75, 3.05) is 4.90 Å².